The lowest BCUT2D eigenvalue weighted by Crippen LogP contribution is -2.12. The first kappa shape index (κ1) is 16.3. The van der Waals surface area contributed by atoms with Crippen molar-refractivity contribution in [2.45, 2.75) is 17.6 Å². The van der Waals surface area contributed by atoms with Crippen LogP contribution in [0.2, 0.25) is 0 Å². The summed E-state index contributed by atoms with van der Waals surface area (Å²) in [5.74, 6) is 0.769. The molecule has 0 bridgehead atoms. The molecule has 3 aromatic rings. The molecule has 0 aliphatic carbocycles. The van der Waals surface area contributed by atoms with E-state index in [0.29, 0.717) is 5.56 Å². The Balaban J connectivity index is 1.73. The highest BCUT2D eigenvalue weighted by molar-refractivity contribution is 7.98. The van der Waals surface area contributed by atoms with Crippen LogP contribution < -0.4 is 5.32 Å². The Bertz CT molecular complexity index is 813. The zero-order valence-electron chi connectivity index (χ0n) is 13.5. The van der Waals surface area contributed by atoms with Gasteiger partial charge in [-0.05, 0) is 36.8 Å². The number of carbonyl (C=O) groups excluding carboxylic acids is 1. The van der Waals surface area contributed by atoms with E-state index in [1.807, 2.05) is 73.7 Å². The number of amides is 1. The molecule has 0 aromatic heterocycles. The number of aryl methyl sites for hydroxylation is 1. The molecule has 120 valence electrons. The van der Waals surface area contributed by atoms with Gasteiger partial charge in [-0.3, -0.25) is 4.79 Å². The number of hydrogen-bond donors (Lipinski definition) is 1. The van der Waals surface area contributed by atoms with Crippen LogP contribution in [0.4, 0.5) is 5.69 Å². The van der Waals surface area contributed by atoms with E-state index < -0.39 is 0 Å². The molecule has 1 amide bonds. The van der Waals surface area contributed by atoms with Crippen LogP contribution in [-0.4, -0.2) is 5.91 Å². The SMILES string of the molecule is Cc1ccc(NC(=O)c2ccccc2SCc2ccccc2)cc1. The number of rotatable bonds is 5. The van der Waals surface area contributed by atoms with Gasteiger partial charge in [0.25, 0.3) is 5.91 Å². The molecule has 0 radical (unpaired) electrons. The second kappa shape index (κ2) is 7.84. The van der Waals surface area contributed by atoms with Crippen LogP contribution in [0.5, 0.6) is 0 Å². The zero-order valence-corrected chi connectivity index (χ0v) is 14.3. The van der Waals surface area contributed by atoms with Gasteiger partial charge in [0.1, 0.15) is 0 Å². The number of hydrogen-bond acceptors (Lipinski definition) is 2. The quantitative estimate of drug-likeness (QED) is 0.621. The van der Waals surface area contributed by atoms with Crippen LogP contribution in [0.15, 0.2) is 83.8 Å². The van der Waals surface area contributed by atoms with Crippen molar-refractivity contribution in [1.82, 2.24) is 0 Å². The summed E-state index contributed by atoms with van der Waals surface area (Å²) in [4.78, 5) is 13.6. The topological polar surface area (TPSA) is 29.1 Å². The Hall–Kier alpha value is -2.52. The Morgan fingerprint density at radius 2 is 1.54 bits per heavy atom. The third kappa shape index (κ3) is 4.27. The first-order valence-electron chi connectivity index (χ1n) is 7.86. The maximum absolute atomic E-state index is 12.6. The van der Waals surface area contributed by atoms with Crippen molar-refractivity contribution in [3.05, 3.63) is 95.6 Å². The summed E-state index contributed by atoms with van der Waals surface area (Å²) >= 11 is 1.68. The smallest absolute Gasteiger partial charge is 0.256 e. The predicted octanol–water partition coefficient (Wildman–Crippen LogP) is 5.54. The van der Waals surface area contributed by atoms with E-state index >= 15 is 0 Å². The van der Waals surface area contributed by atoms with E-state index in [2.05, 4.69) is 17.4 Å². The highest BCUT2D eigenvalue weighted by Gasteiger charge is 2.11. The molecule has 0 aliphatic heterocycles. The molecule has 0 unspecified atom stereocenters. The van der Waals surface area contributed by atoms with E-state index in [4.69, 9.17) is 0 Å². The molecule has 0 heterocycles. The van der Waals surface area contributed by atoms with E-state index in [0.717, 1.165) is 16.3 Å². The summed E-state index contributed by atoms with van der Waals surface area (Å²) in [7, 11) is 0. The van der Waals surface area contributed by atoms with Crippen LogP contribution in [0.3, 0.4) is 0 Å². The lowest BCUT2D eigenvalue weighted by atomic mass is 10.2. The number of carbonyl (C=O) groups is 1. The van der Waals surface area contributed by atoms with E-state index in [9.17, 15) is 4.79 Å². The molecule has 0 fully saturated rings. The summed E-state index contributed by atoms with van der Waals surface area (Å²) in [5, 5.41) is 2.97. The molecule has 3 aromatic carbocycles. The van der Waals surface area contributed by atoms with Crippen molar-refractivity contribution in [1.29, 1.82) is 0 Å². The molecule has 3 heteroatoms. The van der Waals surface area contributed by atoms with E-state index in [-0.39, 0.29) is 5.91 Å². The second-order valence-corrected chi connectivity index (χ2v) is 6.61. The van der Waals surface area contributed by atoms with Gasteiger partial charge >= 0.3 is 0 Å². The van der Waals surface area contributed by atoms with Crippen molar-refractivity contribution in [2.75, 3.05) is 5.32 Å². The minimum Gasteiger partial charge on any atom is -0.322 e. The lowest BCUT2D eigenvalue weighted by molar-refractivity contribution is 0.102. The Morgan fingerprint density at radius 3 is 2.29 bits per heavy atom. The predicted molar refractivity (Wildman–Crippen MR) is 102 cm³/mol. The average Bonchev–Trinajstić information content (AvgIpc) is 2.63. The van der Waals surface area contributed by atoms with Gasteiger partial charge in [-0.2, -0.15) is 0 Å². The summed E-state index contributed by atoms with van der Waals surface area (Å²) in [6, 6.07) is 25.8. The fourth-order valence-corrected chi connectivity index (χ4v) is 3.36. The second-order valence-electron chi connectivity index (χ2n) is 5.59. The first-order valence-corrected chi connectivity index (χ1v) is 8.85. The maximum Gasteiger partial charge on any atom is 0.256 e. The van der Waals surface area contributed by atoms with Crippen LogP contribution in [0.25, 0.3) is 0 Å². The number of nitrogens with one attached hydrogen (secondary N) is 1. The van der Waals surface area contributed by atoms with Crippen molar-refractivity contribution in [2.24, 2.45) is 0 Å². The van der Waals surface area contributed by atoms with Crippen LogP contribution in [0.1, 0.15) is 21.5 Å². The minimum absolute atomic E-state index is 0.0741. The Morgan fingerprint density at radius 1 is 0.875 bits per heavy atom. The molecule has 24 heavy (non-hydrogen) atoms. The Kier molecular flexibility index (Phi) is 5.34. The van der Waals surface area contributed by atoms with Crippen LogP contribution >= 0.6 is 11.8 Å². The van der Waals surface area contributed by atoms with Gasteiger partial charge in [0.2, 0.25) is 0 Å². The zero-order chi connectivity index (χ0) is 16.8. The van der Waals surface area contributed by atoms with Crippen molar-refractivity contribution < 1.29 is 4.79 Å². The maximum atomic E-state index is 12.6. The van der Waals surface area contributed by atoms with Gasteiger partial charge in [0.15, 0.2) is 0 Å². The number of anilines is 1. The molecule has 0 aliphatic rings. The third-order valence-electron chi connectivity index (χ3n) is 3.68. The Labute approximate surface area is 146 Å². The minimum atomic E-state index is -0.0741. The van der Waals surface area contributed by atoms with Crippen LogP contribution in [0, 0.1) is 6.92 Å². The summed E-state index contributed by atoms with van der Waals surface area (Å²) in [5.41, 5.74) is 3.94. The molecule has 1 N–H and O–H groups in total. The number of thioether (sulfide) groups is 1. The lowest BCUT2D eigenvalue weighted by Gasteiger charge is -2.10. The standard InChI is InChI=1S/C21H19NOS/c1-16-11-13-18(14-12-16)22-21(23)19-9-5-6-10-20(19)24-15-17-7-3-2-4-8-17/h2-14H,15H2,1H3,(H,22,23). The third-order valence-corrected chi connectivity index (χ3v) is 4.82. The van der Waals surface area contributed by atoms with E-state index in [1.165, 1.54) is 11.1 Å². The fraction of sp³-hybridized carbons (Fsp3) is 0.0952. The van der Waals surface area contributed by atoms with Gasteiger partial charge in [-0.1, -0.05) is 60.2 Å². The summed E-state index contributed by atoms with van der Waals surface area (Å²) in [6.07, 6.45) is 0. The van der Waals surface area contributed by atoms with Crippen molar-refractivity contribution in [3.63, 3.8) is 0 Å². The molecule has 0 saturated heterocycles. The van der Waals surface area contributed by atoms with Crippen LogP contribution in [-0.2, 0) is 5.75 Å². The number of benzene rings is 3. The average molecular weight is 333 g/mol. The molecule has 3 rings (SSSR count). The normalized spacial score (nSPS) is 10.4. The van der Waals surface area contributed by atoms with Gasteiger partial charge < -0.3 is 5.32 Å². The van der Waals surface area contributed by atoms with Gasteiger partial charge in [-0.25, -0.2) is 0 Å². The largest absolute Gasteiger partial charge is 0.322 e. The fourth-order valence-electron chi connectivity index (χ4n) is 2.35. The van der Waals surface area contributed by atoms with Gasteiger partial charge in [0, 0.05) is 16.3 Å². The first-order chi connectivity index (χ1) is 11.7. The molecule has 2 nitrogen and oxygen atoms in total. The summed E-state index contributed by atoms with van der Waals surface area (Å²) < 4.78 is 0. The molecule has 0 atom stereocenters. The van der Waals surface area contributed by atoms with Gasteiger partial charge in [-0.15, -0.1) is 11.8 Å². The highest BCUT2D eigenvalue weighted by Crippen LogP contribution is 2.27. The van der Waals surface area contributed by atoms with Crippen molar-refractivity contribution >= 4 is 23.4 Å². The molecule has 0 saturated carbocycles. The highest BCUT2D eigenvalue weighted by atomic mass is 32.2. The van der Waals surface area contributed by atoms with Crippen molar-refractivity contribution in [3.8, 4) is 0 Å². The molecular weight excluding hydrogens is 314 g/mol. The monoisotopic (exact) mass is 333 g/mol. The summed E-state index contributed by atoms with van der Waals surface area (Å²) in [6.45, 7) is 2.03. The molecular formula is C21H19NOS. The van der Waals surface area contributed by atoms with E-state index in [1.54, 1.807) is 11.8 Å². The molecule has 0 spiro atoms. The van der Waals surface area contributed by atoms with Gasteiger partial charge in [0.05, 0.1) is 5.56 Å².